The molecular formula is C36H53FN6O. The SMILES string of the molecule is CC.CC(C)C.CCC(C)C.Fc1ccn2c(-c3ccc(Nc4ccc(N5CCCCC5)cn4)c4c3CNOC4)cnc2c1. The second kappa shape index (κ2) is 17.7. The third-order valence-electron chi connectivity index (χ3n) is 7.30. The molecule has 0 amide bonds. The summed E-state index contributed by atoms with van der Waals surface area (Å²) in [5, 5.41) is 3.47. The zero-order chi connectivity index (χ0) is 32.1. The van der Waals surface area contributed by atoms with E-state index in [1.54, 1.807) is 12.4 Å². The van der Waals surface area contributed by atoms with Gasteiger partial charge >= 0.3 is 0 Å². The van der Waals surface area contributed by atoms with Gasteiger partial charge in [0, 0.05) is 48.7 Å². The summed E-state index contributed by atoms with van der Waals surface area (Å²) in [4.78, 5) is 17.0. The van der Waals surface area contributed by atoms with Crippen LogP contribution in [0.3, 0.4) is 0 Å². The Morgan fingerprint density at radius 3 is 2.27 bits per heavy atom. The Morgan fingerprint density at radius 1 is 0.932 bits per heavy atom. The Balaban J connectivity index is 0.000000420. The van der Waals surface area contributed by atoms with Crippen LogP contribution < -0.4 is 15.7 Å². The van der Waals surface area contributed by atoms with E-state index in [4.69, 9.17) is 4.84 Å². The highest BCUT2D eigenvalue weighted by atomic mass is 19.1. The third kappa shape index (κ3) is 9.76. The van der Waals surface area contributed by atoms with Crippen LogP contribution in [-0.4, -0.2) is 27.5 Å². The molecular weight excluding hydrogens is 551 g/mol. The topological polar surface area (TPSA) is 66.7 Å². The van der Waals surface area contributed by atoms with E-state index >= 15 is 0 Å². The molecule has 5 heterocycles. The third-order valence-corrected chi connectivity index (χ3v) is 7.30. The van der Waals surface area contributed by atoms with E-state index < -0.39 is 0 Å². The van der Waals surface area contributed by atoms with Crippen molar-refractivity contribution in [2.24, 2.45) is 11.8 Å². The fourth-order valence-corrected chi connectivity index (χ4v) is 4.76. The van der Waals surface area contributed by atoms with Crippen LogP contribution in [0.5, 0.6) is 0 Å². The molecule has 0 aliphatic carbocycles. The molecule has 1 fully saturated rings. The molecule has 0 bridgehead atoms. The molecule has 7 nitrogen and oxygen atoms in total. The Kier molecular flexibility index (Phi) is 14.1. The van der Waals surface area contributed by atoms with E-state index in [0.29, 0.717) is 18.8 Å². The second-order valence-electron chi connectivity index (χ2n) is 12.1. The van der Waals surface area contributed by atoms with Gasteiger partial charge in [0.25, 0.3) is 0 Å². The molecule has 3 aromatic heterocycles. The first kappa shape index (κ1) is 35.0. The predicted molar refractivity (Wildman–Crippen MR) is 183 cm³/mol. The molecule has 0 atom stereocenters. The molecule has 0 spiro atoms. The summed E-state index contributed by atoms with van der Waals surface area (Å²) in [6, 6.07) is 11.2. The van der Waals surface area contributed by atoms with Crippen LogP contribution in [0.25, 0.3) is 16.9 Å². The second-order valence-corrected chi connectivity index (χ2v) is 12.1. The van der Waals surface area contributed by atoms with Crippen LogP contribution in [0.15, 0.2) is 55.0 Å². The molecule has 2 aliphatic heterocycles. The van der Waals surface area contributed by atoms with Crippen LogP contribution in [-0.2, 0) is 18.0 Å². The Hall–Kier alpha value is -3.49. The van der Waals surface area contributed by atoms with Crippen molar-refractivity contribution in [3.05, 3.63) is 71.9 Å². The number of anilines is 3. The summed E-state index contributed by atoms with van der Waals surface area (Å²) in [6.07, 6.45) is 10.6. The smallest absolute Gasteiger partial charge is 0.140 e. The molecule has 1 saturated heterocycles. The van der Waals surface area contributed by atoms with Crippen LogP contribution in [0.1, 0.15) is 92.2 Å². The van der Waals surface area contributed by atoms with E-state index in [2.05, 4.69) is 79.3 Å². The maximum atomic E-state index is 13.6. The number of imidazole rings is 1. The average molecular weight is 605 g/mol. The van der Waals surface area contributed by atoms with Gasteiger partial charge in [-0.3, -0.25) is 9.24 Å². The van der Waals surface area contributed by atoms with Crippen LogP contribution in [0.4, 0.5) is 21.6 Å². The van der Waals surface area contributed by atoms with Crippen LogP contribution >= 0.6 is 0 Å². The summed E-state index contributed by atoms with van der Waals surface area (Å²) in [5.41, 5.74) is 9.88. The van der Waals surface area contributed by atoms with Crippen molar-refractivity contribution in [1.29, 1.82) is 0 Å². The van der Waals surface area contributed by atoms with Gasteiger partial charge in [0.15, 0.2) is 0 Å². The van der Waals surface area contributed by atoms with Gasteiger partial charge in [0.2, 0.25) is 0 Å². The van der Waals surface area contributed by atoms with Crippen molar-refractivity contribution in [2.45, 2.75) is 94.2 Å². The molecule has 2 aliphatic rings. The van der Waals surface area contributed by atoms with Crippen molar-refractivity contribution >= 4 is 22.8 Å². The number of hydrogen-bond donors (Lipinski definition) is 2. The number of piperidine rings is 1. The highest BCUT2D eigenvalue weighted by Crippen LogP contribution is 2.35. The van der Waals surface area contributed by atoms with Crippen molar-refractivity contribution < 1.29 is 9.23 Å². The van der Waals surface area contributed by atoms with Crippen molar-refractivity contribution in [3.8, 4) is 11.3 Å². The lowest BCUT2D eigenvalue weighted by Gasteiger charge is -2.28. The molecule has 8 heteroatoms. The zero-order valence-electron chi connectivity index (χ0n) is 28.1. The maximum absolute atomic E-state index is 13.6. The van der Waals surface area contributed by atoms with Gasteiger partial charge < -0.3 is 10.2 Å². The molecule has 1 aromatic carbocycles. The quantitative estimate of drug-likeness (QED) is 0.236. The van der Waals surface area contributed by atoms with Gasteiger partial charge in [-0.15, -0.1) is 0 Å². The lowest BCUT2D eigenvalue weighted by Crippen LogP contribution is -2.29. The fraction of sp³-hybridized carbons (Fsp3) is 0.500. The van der Waals surface area contributed by atoms with Gasteiger partial charge in [-0.25, -0.2) is 14.4 Å². The average Bonchev–Trinajstić information content (AvgIpc) is 3.46. The fourth-order valence-electron chi connectivity index (χ4n) is 4.76. The summed E-state index contributed by atoms with van der Waals surface area (Å²) in [6.45, 7) is 20.3. The maximum Gasteiger partial charge on any atom is 0.140 e. The number of fused-ring (bicyclic) bond motifs is 2. The molecule has 0 radical (unpaired) electrons. The molecule has 2 N–H and O–H groups in total. The Morgan fingerprint density at radius 2 is 1.64 bits per heavy atom. The number of hydrogen-bond acceptors (Lipinski definition) is 6. The first-order valence-corrected chi connectivity index (χ1v) is 16.4. The van der Waals surface area contributed by atoms with Gasteiger partial charge in [0.05, 0.1) is 30.4 Å². The molecule has 0 saturated carbocycles. The largest absolute Gasteiger partial charge is 0.370 e. The molecule has 0 unspecified atom stereocenters. The minimum absolute atomic E-state index is 0.296. The van der Waals surface area contributed by atoms with Gasteiger partial charge in [-0.2, -0.15) is 5.48 Å². The first-order valence-electron chi connectivity index (χ1n) is 16.4. The molecule has 4 aromatic rings. The van der Waals surface area contributed by atoms with Crippen molar-refractivity contribution in [2.75, 3.05) is 23.3 Å². The number of benzene rings is 1. The molecule has 44 heavy (non-hydrogen) atoms. The number of nitrogens with zero attached hydrogens (tertiary/aromatic N) is 4. The summed E-state index contributed by atoms with van der Waals surface area (Å²) < 4.78 is 15.5. The summed E-state index contributed by atoms with van der Waals surface area (Å²) >= 11 is 0. The normalized spacial score (nSPS) is 14.1. The van der Waals surface area contributed by atoms with E-state index in [0.717, 1.165) is 58.8 Å². The first-order chi connectivity index (χ1) is 21.3. The predicted octanol–water partition coefficient (Wildman–Crippen LogP) is 9.55. The zero-order valence-corrected chi connectivity index (χ0v) is 28.1. The number of rotatable bonds is 5. The highest BCUT2D eigenvalue weighted by Gasteiger charge is 2.21. The number of halogens is 1. The summed E-state index contributed by atoms with van der Waals surface area (Å²) in [5.74, 6) is 2.22. The van der Waals surface area contributed by atoms with E-state index in [9.17, 15) is 4.39 Å². The lowest BCUT2D eigenvalue weighted by atomic mass is 9.96. The Labute approximate surface area is 264 Å². The van der Waals surface area contributed by atoms with Gasteiger partial charge in [-0.1, -0.05) is 67.9 Å². The standard InChI is InChI=1S/C25H25FN6O.C5H12.C4H10.C2H6/c26-17-8-11-32-23(15-28-25(32)12-17)19-5-6-22(21-16-33-29-14-20(19)21)30-24-7-4-18(13-27-24)31-9-2-1-3-10-31;1-4-5(2)3;1-4(2)3;1-2/h4-8,11-13,15,29H,1-3,9-10,14,16H2,(H,27,30);5H,4H2,1-3H3;4H,1-3H3;1-2H3. The highest BCUT2D eigenvalue weighted by molar-refractivity contribution is 5.75. The van der Waals surface area contributed by atoms with E-state index in [1.165, 1.54) is 43.5 Å². The van der Waals surface area contributed by atoms with Crippen LogP contribution in [0, 0.1) is 17.7 Å². The number of nitrogens with one attached hydrogen (secondary N) is 2. The minimum atomic E-state index is -0.296. The van der Waals surface area contributed by atoms with Crippen molar-refractivity contribution in [3.63, 3.8) is 0 Å². The monoisotopic (exact) mass is 604 g/mol. The van der Waals surface area contributed by atoms with E-state index in [1.807, 2.05) is 36.6 Å². The minimum Gasteiger partial charge on any atom is -0.370 e. The number of aromatic nitrogens is 3. The van der Waals surface area contributed by atoms with E-state index in [-0.39, 0.29) is 5.82 Å². The lowest BCUT2D eigenvalue weighted by molar-refractivity contribution is 0.0114. The Bertz CT molecular complexity index is 1410. The van der Waals surface area contributed by atoms with Crippen LogP contribution in [0.2, 0.25) is 0 Å². The van der Waals surface area contributed by atoms with Gasteiger partial charge in [0.1, 0.15) is 17.3 Å². The molecule has 6 rings (SSSR count). The number of pyridine rings is 2. The van der Waals surface area contributed by atoms with Gasteiger partial charge in [-0.05, 0) is 60.9 Å². The molecule has 240 valence electrons. The number of hydroxylamine groups is 1. The van der Waals surface area contributed by atoms with Crippen molar-refractivity contribution in [1.82, 2.24) is 19.8 Å². The summed E-state index contributed by atoms with van der Waals surface area (Å²) in [7, 11) is 0.